The molecule has 1 aliphatic carbocycles. The summed E-state index contributed by atoms with van der Waals surface area (Å²) >= 11 is 6.67. The molecule has 0 saturated heterocycles. The molecule has 1 aromatic rings. The molecule has 0 spiro atoms. The summed E-state index contributed by atoms with van der Waals surface area (Å²) in [4.78, 5) is 13.5. The third kappa shape index (κ3) is 2.05. The van der Waals surface area contributed by atoms with Gasteiger partial charge in [-0.2, -0.15) is 0 Å². The Hall–Kier alpha value is -1.66. The Bertz CT molecular complexity index is 644. The Balaban J connectivity index is 2.19. The zero-order chi connectivity index (χ0) is 14.3. The Morgan fingerprint density at radius 3 is 2.90 bits per heavy atom. The third-order valence-electron chi connectivity index (χ3n) is 3.58. The van der Waals surface area contributed by atoms with E-state index in [0.29, 0.717) is 23.3 Å². The van der Waals surface area contributed by atoms with Crippen LogP contribution in [-0.4, -0.2) is 10.8 Å². The maximum absolute atomic E-state index is 12.3. The van der Waals surface area contributed by atoms with E-state index in [1.165, 1.54) is 0 Å². The first-order chi connectivity index (χ1) is 9.59. The smallest absolute Gasteiger partial charge is 0.197 e. The number of nitrogens with two attached hydrogens (primary N) is 2. The molecule has 2 aliphatic rings. The van der Waals surface area contributed by atoms with Crippen molar-refractivity contribution in [3.63, 3.8) is 0 Å². The molecule has 1 aliphatic heterocycles. The van der Waals surface area contributed by atoms with Crippen LogP contribution in [-0.2, 0) is 9.53 Å². The van der Waals surface area contributed by atoms with E-state index in [1.807, 2.05) is 17.5 Å². The summed E-state index contributed by atoms with van der Waals surface area (Å²) in [5.41, 5.74) is 13.0. The Morgan fingerprint density at radius 2 is 2.25 bits per heavy atom. The summed E-state index contributed by atoms with van der Waals surface area (Å²) in [7, 11) is 0. The van der Waals surface area contributed by atoms with E-state index < -0.39 is 0 Å². The van der Waals surface area contributed by atoms with Crippen molar-refractivity contribution in [1.29, 1.82) is 0 Å². The quantitative estimate of drug-likeness (QED) is 0.820. The normalized spacial score (nSPS) is 22.6. The maximum Gasteiger partial charge on any atom is 0.197 e. The van der Waals surface area contributed by atoms with Gasteiger partial charge in [-0.25, -0.2) is 0 Å². The molecule has 2 heterocycles. The van der Waals surface area contributed by atoms with Crippen LogP contribution in [0, 0.1) is 0 Å². The SMILES string of the molecule is NC(=S)C1=C(N)OC2=C(C(=O)CCC2)C1c1cccs1. The average molecular weight is 306 g/mol. The second-order valence-corrected chi connectivity index (χ2v) is 6.23. The van der Waals surface area contributed by atoms with Gasteiger partial charge in [0, 0.05) is 23.3 Å². The summed E-state index contributed by atoms with van der Waals surface area (Å²) < 4.78 is 5.62. The second-order valence-electron chi connectivity index (χ2n) is 4.81. The molecule has 1 aromatic heterocycles. The molecule has 104 valence electrons. The molecule has 0 fully saturated rings. The molecule has 0 aromatic carbocycles. The average Bonchev–Trinajstić information content (AvgIpc) is 2.90. The summed E-state index contributed by atoms with van der Waals surface area (Å²) in [6.45, 7) is 0. The highest BCUT2D eigenvalue weighted by Gasteiger charge is 2.39. The molecule has 0 saturated carbocycles. The molecule has 0 amide bonds. The number of rotatable bonds is 2. The van der Waals surface area contributed by atoms with Crippen molar-refractivity contribution in [3.05, 3.63) is 45.2 Å². The monoisotopic (exact) mass is 306 g/mol. The topological polar surface area (TPSA) is 78.3 Å². The fraction of sp³-hybridized carbons (Fsp3) is 0.286. The number of hydrogen-bond donors (Lipinski definition) is 2. The fourth-order valence-corrected chi connectivity index (χ4v) is 3.80. The van der Waals surface area contributed by atoms with E-state index in [0.717, 1.165) is 17.7 Å². The number of thiophene rings is 1. The van der Waals surface area contributed by atoms with Crippen LogP contribution >= 0.6 is 23.6 Å². The van der Waals surface area contributed by atoms with Gasteiger partial charge in [-0.3, -0.25) is 4.79 Å². The molecule has 6 heteroatoms. The van der Waals surface area contributed by atoms with Crippen molar-refractivity contribution in [2.24, 2.45) is 11.5 Å². The Kier molecular flexibility index (Phi) is 3.35. The van der Waals surface area contributed by atoms with E-state index in [4.69, 9.17) is 28.4 Å². The van der Waals surface area contributed by atoms with Crippen molar-refractivity contribution in [2.75, 3.05) is 0 Å². The number of Topliss-reactive ketones (excluding diaryl/α,β-unsaturated/α-hetero) is 1. The predicted molar refractivity (Wildman–Crippen MR) is 82.0 cm³/mol. The molecule has 1 atom stereocenters. The fourth-order valence-electron chi connectivity index (χ4n) is 2.74. The summed E-state index contributed by atoms with van der Waals surface area (Å²) in [6, 6.07) is 3.91. The van der Waals surface area contributed by atoms with Gasteiger partial charge in [-0.05, 0) is 17.9 Å². The molecular weight excluding hydrogens is 292 g/mol. The predicted octanol–water partition coefficient (Wildman–Crippen LogP) is 2.33. The standard InChI is InChI=1S/C14H14N2O2S2/c15-13-12(14(16)19)11(9-5-2-6-20-9)10-7(17)3-1-4-8(10)18-13/h2,5-6,11H,1,3-4,15H2,(H2,16,19). The minimum Gasteiger partial charge on any atom is -0.445 e. The van der Waals surface area contributed by atoms with Gasteiger partial charge in [0.25, 0.3) is 0 Å². The highest BCUT2D eigenvalue weighted by atomic mass is 32.1. The Morgan fingerprint density at radius 1 is 1.45 bits per heavy atom. The highest BCUT2D eigenvalue weighted by Crippen LogP contribution is 2.44. The van der Waals surface area contributed by atoms with Gasteiger partial charge in [0.05, 0.1) is 11.5 Å². The lowest BCUT2D eigenvalue weighted by atomic mass is 9.80. The van der Waals surface area contributed by atoms with Crippen LogP contribution in [0.1, 0.15) is 30.1 Å². The van der Waals surface area contributed by atoms with Crippen molar-refractivity contribution in [1.82, 2.24) is 0 Å². The minimum absolute atomic E-state index is 0.103. The van der Waals surface area contributed by atoms with Crippen LogP contribution < -0.4 is 11.5 Å². The molecule has 1 unspecified atom stereocenters. The van der Waals surface area contributed by atoms with Crippen molar-refractivity contribution >= 4 is 34.3 Å². The molecule has 4 nitrogen and oxygen atoms in total. The molecule has 0 bridgehead atoms. The van der Waals surface area contributed by atoms with Crippen LogP contribution in [0.2, 0.25) is 0 Å². The van der Waals surface area contributed by atoms with Gasteiger partial charge >= 0.3 is 0 Å². The lowest BCUT2D eigenvalue weighted by Crippen LogP contribution is -2.32. The maximum atomic E-state index is 12.3. The first kappa shape index (κ1) is 13.3. The zero-order valence-corrected chi connectivity index (χ0v) is 12.4. The number of hydrogen-bond acceptors (Lipinski definition) is 5. The second kappa shape index (κ2) is 5.03. The van der Waals surface area contributed by atoms with Crippen molar-refractivity contribution < 1.29 is 9.53 Å². The number of allylic oxidation sites excluding steroid dienone is 2. The van der Waals surface area contributed by atoms with Crippen LogP contribution in [0.25, 0.3) is 0 Å². The van der Waals surface area contributed by atoms with E-state index in [1.54, 1.807) is 11.3 Å². The van der Waals surface area contributed by atoms with E-state index >= 15 is 0 Å². The molecule has 3 rings (SSSR count). The summed E-state index contributed by atoms with van der Waals surface area (Å²) in [5.74, 6) is 0.733. The van der Waals surface area contributed by atoms with Gasteiger partial charge < -0.3 is 16.2 Å². The van der Waals surface area contributed by atoms with Crippen LogP contribution in [0.5, 0.6) is 0 Å². The third-order valence-corrected chi connectivity index (χ3v) is 4.73. The molecular formula is C14H14N2O2S2. The van der Waals surface area contributed by atoms with Crippen molar-refractivity contribution in [2.45, 2.75) is 25.2 Å². The van der Waals surface area contributed by atoms with Gasteiger partial charge in [-0.1, -0.05) is 18.3 Å². The number of carbonyl (C=O) groups is 1. The zero-order valence-electron chi connectivity index (χ0n) is 10.7. The van der Waals surface area contributed by atoms with Gasteiger partial charge in [0.15, 0.2) is 11.7 Å². The minimum atomic E-state index is -0.274. The van der Waals surface area contributed by atoms with Crippen LogP contribution in [0.3, 0.4) is 0 Å². The number of thiocarbonyl (C=S) groups is 1. The number of ether oxygens (including phenoxy) is 1. The molecule has 0 radical (unpaired) electrons. The first-order valence-corrected chi connectivity index (χ1v) is 7.65. The number of ketones is 1. The van der Waals surface area contributed by atoms with Crippen LogP contribution in [0.15, 0.2) is 40.3 Å². The van der Waals surface area contributed by atoms with E-state index in [2.05, 4.69) is 0 Å². The van der Waals surface area contributed by atoms with E-state index in [9.17, 15) is 4.79 Å². The highest BCUT2D eigenvalue weighted by molar-refractivity contribution is 7.80. The largest absolute Gasteiger partial charge is 0.445 e. The lowest BCUT2D eigenvalue weighted by molar-refractivity contribution is -0.116. The van der Waals surface area contributed by atoms with E-state index in [-0.39, 0.29) is 22.6 Å². The lowest BCUT2D eigenvalue weighted by Gasteiger charge is -2.32. The Labute approximate surface area is 126 Å². The van der Waals surface area contributed by atoms with Gasteiger partial charge in [0.1, 0.15) is 10.7 Å². The van der Waals surface area contributed by atoms with Crippen molar-refractivity contribution in [3.8, 4) is 0 Å². The van der Waals surface area contributed by atoms with Gasteiger partial charge in [0.2, 0.25) is 0 Å². The molecule has 4 N–H and O–H groups in total. The molecule has 20 heavy (non-hydrogen) atoms. The summed E-state index contributed by atoms with van der Waals surface area (Å²) in [6.07, 6.45) is 2.06. The summed E-state index contributed by atoms with van der Waals surface area (Å²) in [5, 5.41) is 1.96. The van der Waals surface area contributed by atoms with Crippen LogP contribution in [0.4, 0.5) is 0 Å². The number of carbonyl (C=O) groups excluding carboxylic acids is 1. The van der Waals surface area contributed by atoms with Gasteiger partial charge in [-0.15, -0.1) is 11.3 Å². The first-order valence-electron chi connectivity index (χ1n) is 6.36.